The van der Waals surface area contributed by atoms with Gasteiger partial charge in [-0.25, -0.2) is 0 Å². The van der Waals surface area contributed by atoms with E-state index in [1.54, 1.807) is 6.92 Å². The van der Waals surface area contributed by atoms with E-state index in [9.17, 15) is 0 Å². The first-order valence-corrected chi connectivity index (χ1v) is 11.8. The van der Waals surface area contributed by atoms with Crippen molar-refractivity contribution in [3.05, 3.63) is 139 Å². The van der Waals surface area contributed by atoms with Gasteiger partial charge in [-0.1, -0.05) is 97.8 Å². The van der Waals surface area contributed by atoms with Crippen LogP contribution in [0.3, 0.4) is 0 Å². The fourth-order valence-electron chi connectivity index (χ4n) is 4.51. The van der Waals surface area contributed by atoms with Crippen LogP contribution in [0.15, 0.2) is 121 Å². The quantitative estimate of drug-likeness (QED) is 0.195. The predicted molar refractivity (Wildman–Crippen MR) is 150 cm³/mol. The van der Waals surface area contributed by atoms with Crippen LogP contribution in [0, 0.1) is 20.8 Å². The molecule has 0 amide bonds. The van der Waals surface area contributed by atoms with E-state index in [2.05, 4.69) is 142 Å². The van der Waals surface area contributed by atoms with E-state index >= 15 is 0 Å². The number of hydrogen-bond donors (Lipinski definition) is 0. The molecule has 0 fully saturated rings. The van der Waals surface area contributed by atoms with Crippen molar-refractivity contribution in [2.24, 2.45) is 0 Å². The van der Waals surface area contributed by atoms with Crippen LogP contribution in [-0.2, 0) is 26.2 Å². The molecule has 35 heavy (non-hydrogen) atoms. The average molecular weight is 531 g/mol. The molecule has 6 aromatic rings. The molecule has 6 aromatic carbocycles. The average Bonchev–Trinajstić information content (AvgIpc) is 3.47. The summed E-state index contributed by atoms with van der Waals surface area (Å²) in [5.41, 5.74) is 7.89. The van der Waals surface area contributed by atoms with Gasteiger partial charge in [0.15, 0.2) is 0 Å². The molecule has 1 radical (unpaired) electrons. The van der Waals surface area contributed by atoms with Gasteiger partial charge in [-0.2, -0.15) is 19.1 Å². The first-order valence-electron chi connectivity index (χ1n) is 11.8. The third-order valence-electron chi connectivity index (χ3n) is 5.96. The zero-order valence-electron chi connectivity index (χ0n) is 20.8. The molecule has 0 nitrogen and oxygen atoms in total. The summed E-state index contributed by atoms with van der Waals surface area (Å²) in [5, 5.41) is 5.37. The first-order chi connectivity index (χ1) is 16.7. The molecule has 0 saturated carbocycles. The minimum absolute atomic E-state index is 0. The smallest absolute Gasteiger partial charge is 0.346 e. The van der Waals surface area contributed by atoms with Crippen LogP contribution in [0.1, 0.15) is 18.1 Å². The van der Waals surface area contributed by atoms with Gasteiger partial charge in [-0.05, 0) is 11.1 Å². The van der Waals surface area contributed by atoms with Gasteiger partial charge in [0.1, 0.15) is 0 Å². The zero-order chi connectivity index (χ0) is 23.9. The van der Waals surface area contributed by atoms with Crippen molar-refractivity contribution in [1.82, 2.24) is 0 Å². The summed E-state index contributed by atoms with van der Waals surface area (Å²) in [6.07, 6.45) is 0. The third-order valence-corrected chi connectivity index (χ3v) is 5.96. The number of fused-ring (bicyclic) bond motifs is 2. The van der Waals surface area contributed by atoms with Crippen LogP contribution in [0.2, 0.25) is 0 Å². The number of aryl methyl sites for hydroxylation is 2. The fourth-order valence-corrected chi connectivity index (χ4v) is 4.51. The Hall–Kier alpha value is -3.02. The summed E-state index contributed by atoms with van der Waals surface area (Å²) in [5.74, 6) is 0. The number of hydrogen-bond acceptors (Lipinski definition) is 0. The Kier molecular flexibility index (Phi) is 9.58. The maximum Gasteiger partial charge on any atom is 3.00 e. The molecule has 0 unspecified atom stereocenters. The van der Waals surface area contributed by atoms with Gasteiger partial charge in [0.2, 0.25) is 0 Å². The summed E-state index contributed by atoms with van der Waals surface area (Å²) < 4.78 is 0. The van der Waals surface area contributed by atoms with E-state index in [1.807, 2.05) is 0 Å². The molecule has 0 atom stereocenters. The van der Waals surface area contributed by atoms with Gasteiger partial charge in [0.25, 0.3) is 0 Å². The van der Waals surface area contributed by atoms with Gasteiger partial charge in [0.05, 0.1) is 0 Å². The Bertz CT molecular complexity index is 1350. The molecule has 0 bridgehead atoms. The molecule has 0 spiro atoms. The van der Waals surface area contributed by atoms with E-state index in [1.165, 1.54) is 54.9 Å². The van der Waals surface area contributed by atoms with Crippen molar-refractivity contribution in [3.63, 3.8) is 0 Å². The summed E-state index contributed by atoms with van der Waals surface area (Å²) >= 11 is 0. The molecule has 6 rings (SSSR count). The molecule has 0 aliphatic rings. The standard InChI is InChI=1S/2C16H13.C2H5.Zr/c2*1-12-10-14-8-5-9-15(16(14)11-12)13-6-3-2-4-7-13;1-2;/h2*2-11H,1H3;1H2,2H3;/q3*-1;+3. The molecule has 171 valence electrons. The normalized spacial score (nSPS) is 10.1. The molecule has 0 aliphatic heterocycles. The molecule has 0 N–H and O–H groups in total. The van der Waals surface area contributed by atoms with Crippen molar-refractivity contribution in [2.75, 3.05) is 0 Å². The second-order valence-electron chi connectivity index (χ2n) is 8.41. The Balaban J connectivity index is 0.000000178. The topological polar surface area (TPSA) is 0 Å². The van der Waals surface area contributed by atoms with Crippen LogP contribution < -0.4 is 0 Å². The molecule has 0 saturated heterocycles. The van der Waals surface area contributed by atoms with Crippen molar-refractivity contribution in [3.8, 4) is 22.3 Å². The summed E-state index contributed by atoms with van der Waals surface area (Å²) in [7, 11) is 0. The second kappa shape index (κ2) is 12.6. The Morgan fingerprint density at radius 1 is 0.486 bits per heavy atom. The van der Waals surface area contributed by atoms with Gasteiger partial charge in [-0.3, -0.25) is 0 Å². The van der Waals surface area contributed by atoms with E-state index < -0.39 is 0 Å². The Morgan fingerprint density at radius 3 is 1.23 bits per heavy atom. The van der Waals surface area contributed by atoms with Gasteiger partial charge < -0.3 is 6.92 Å². The van der Waals surface area contributed by atoms with Gasteiger partial charge >= 0.3 is 26.2 Å². The fraction of sp³-hybridized carbons (Fsp3) is 0.0882. The Morgan fingerprint density at radius 2 is 0.857 bits per heavy atom. The summed E-state index contributed by atoms with van der Waals surface area (Å²) in [4.78, 5) is 0. The molecular weight excluding hydrogens is 500 g/mol. The van der Waals surface area contributed by atoms with Crippen molar-refractivity contribution in [1.29, 1.82) is 0 Å². The number of rotatable bonds is 2. The third kappa shape index (κ3) is 6.16. The molecule has 1 heteroatoms. The van der Waals surface area contributed by atoms with Crippen LogP contribution >= 0.6 is 0 Å². The van der Waals surface area contributed by atoms with Gasteiger partial charge in [-0.15, -0.1) is 69.1 Å². The van der Waals surface area contributed by atoms with Crippen LogP contribution in [-0.4, -0.2) is 0 Å². The van der Waals surface area contributed by atoms with Gasteiger partial charge in [0, 0.05) is 0 Å². The minimum Gasteiger partial charge on any atom is -0.346 e. The molecular formula is C34H31Zr. The molecule has 0 heterocycles. The predicted octanol–water partition coefficient (Wildman–Crippen LogP) is 9.91. The van der Waals surface area contributed by atoms with E-state index in [4.69, 9.17) is 0 Å². The maximum absolute atomic E-state index is 3.25. The van der Waals surface area contributed by atoms with Crippen molar-refractivity contribution in [2.45, 2.75) is 20.8 Å². The van der Waals surface area contributed by atoms with Crippen LogP contribution in [0.25, 0.3) is 43.8 Å². The van der Waals surface area contributed by atoms with E-state index in [-0.39, 0.29) is 26.2 Å². The van der Waals surface area contributed by atoms with Crippen LogP contribution in [0.5, 0.6) is 0 Å². The van der Waals surface area contributed by atoms with Crippen LogP contribution in [0.4, 0.5) is 0 Å². The van der Waals surface area contributed by atoms with E-state index in [0.29, 0.717) is 0 Å². The monoisotopic (exact) mass is 529 g/mol. The number of benzene rings is 4. The SMILES string of the molecule is Cc1cc2c(-c3ccccc3)cccc2[cH-]1.Cc1cc2c(-c3ccccc3)cccc2[cH-]1.[CH2-]C.[Zr+3]. The maximum atomic E-state index is 3.25. The molecule has 0 aromatic heterocycles. The zero-order valence-corrected chi connectivity index (χ0v) is 23.2. The second-order valence-corrected chi connectivity index (χ2v) is 8.41. The van der Waals surface area contributed by atoms with E-state index in [0.717, 1.165) is 0 Å². The Labute approximate surface area is 229 Å². The minimum atomic E-state index is 0. The van der Waals surface area contributed by atoms with Crippen molar-refractivity contribution < 1.29 is 26.2 Å². The summed E-state index contributed by atoms with van der Waals surface area (Å²) in [6.45, 7) is 9.30. The molecule has 0 aliphatic carbocycles. The summed E-state index contributed by atoms with van der Waals surface area (Å²) in [6, 6.07) is 43.1. The largest absolute Gasteiger partial charge is 3.00 e. The first kappa shape index (κ1) is 26.6. The van der Waals surface area contributed by atoms with Crippen molar-refractivity contribution >= 4 is 21.5 Å².